The van der Waals surface area contributed by atoms with Crippen molar-refractivity contribution in [3.8, 4) is 22.4 Å². The number of carbonyl (C=O) groups is 1. The molecule has 162 valence electrons. The number of hydrogen-bond acceptors (Lipinski definition) is 5. The summed E-state index contributed by atoms with van der Waals surface area (Å²) in [6.45, 7) is 0.432. The molecule has 3 rings (SSSR count). The summed E-state index contributed by atoms with van der Waals surface area (Å²) in [6.07, 6.45) is 1.68. The van der Waals surface area contributed by atoms with Crippen molar-refractivity contribution in [2.24, 2.45) is 5.73 Å². The minimum Gasteiger partial charge on any atom is -0.366 e. The summed E-state index contributed by atoms with van der Waals surface area (Å²) in [4.78, 5) is 17.9. The first kappa shape index (κ1) is 22.9. The summed E-state index contributed by atoms with van der Waals surface area (Å²) in [5, 5.41) is 0.522. The van der Waals surface area contributed by atoms with Gasteiger partial charge in [-0.3, -0.25) is 9.78 Å². The minimum atomic E-state index is -3.36. The Morgan fingerprint density at radius 3 is 2.48 bits per heavy atom. The Morgan fingerprint density at radius 2 is 1.84 bits per heavy atom. The number of halogens is 1. The minimum absolute atomic E-state index is 0.0385. The molecule has 0 aliphatic carbocycles. The van der Waals surface area contributed by atoms with Gasteiger partial charge in [0.05, 0.1) is 17.2 Å². The molecule has 2 N–H and O–H groups in total. The second-order valence-electron chi connectivity index (χ2n) is 7.54. The van der Waals surface area contributed by atoms with E-state index >= 15 is 0 Å². The Bertz CT molecular complexity index is 1200. The SMILES string of the molecule is CN(C)CCS(=O)(=O)Cc1ccc(C(N)=O)cc1-c1ccc(Cl)c(-c2ccccn2)c1. The van der Waals surface area contributed by atoms with Gasteiger partial charge in [0.15, 0.2) is 9.84 Å². The van der Waals surface area contributed by atoms with Crippen molar-refractivity contribution in [1.82, 2.24) is 9.88 Å². The molecule has 0 bridgehead atoms. The van der Waals surface area contributed by atoms with E-state index in [4.69, 9.17) is 17.3 Å². The molecule has 1 heterocycles. The van der Waals surface area contributed by atoms with Gasteiger partial charge in [0, 0.05) is 28.9 Å². The molecule has 0 fully saturated rings. The van der Waals surface area contributed by atoms with Crippen LogP contribution >= 0.6 is 11.6 Å². The van der Waals surface area contributed by atoms with Crippen LogP contribution in [-0.4, -0.2) is 50.6 Å². The molecule has 0 spiro atoms. The number of benzene rings is 2. The van der Waals surface area contributed by atoms with E-state index in [2.05, 4.69) is 4.98 Å². The van der Waals surface area contributed by atoms with Gasteiger partial charge in [0.2, 0.25) is 5.91 Å². The third-order valence-electron chi connectivity index (χ3n) is 4.84. The van der Waals surface area contributed by atoms with Gasteiger partial charge in [-0.2, -0.15) is 0 Å². The molecule has 0 atom stereocenters. The monoisotopic (exact) mass is 457 g/mol. The van der Waals surface area contributed by atoms with Crippen molar-refractivity contribution in [3.05, 3.63) is 76.9 Å². The predicted molar refractivity (Wildman–Crippen MR) is 125 cm³/mol. The molecule has 0 saturated heterocycles. The number of primary amides is 1. The van der Waals surface area contributed by atoms with Crippen LogP contribution in [0, 0.1) is 0 Å². The first-order valence-electron chi connectivity index (χ1n) is 9.65. The molecule has 3 aromatic rings. The van der Waals surface area contributed by atoms with Gasteiger partial charge < -0.3 is 10.6 Å². The quantitative estimate of drug-likeness (QED) is 0.557. The fourth-order valence-electron chi connectivity index (χ4n) is 3.17. The van der Waals surface area contributed by atoms with E-state index in [0.717, 1.165) is 5.56 Å². The number of nitrogens with two attached hydrogens (primary N) is 1. The number of amides is 1. The van der Waals surface area contributed by atoms with Crippen molar-refractivity contribution >= 4 is 27.3 Å². The highest BCUT2D eigenvalue weighted by Gasteiger charge is 2.18. The maximum Gasteiger partial charge on any atom is 0.248 e. The molecule has 1 amide bonds. The van der Waals surface area contributed by atoms with Gasteiger partial charge in [0.25, 0.3) is 0 Å². The number of carbonyl (C=O) groups excluding carboxylic acids is 1. The highest BCUT2D eigenvalue weighted by Crippen LogP contribution is 2.34. The van der Waals surface area contributed by atoms with E-state index < -0.39 is 15.7 Å². The van der Waals surface area contributed by atoms with Crippen molar-refractivity contribution in [3.63, 3.8) is 0 Å². The second kappa shape index (κ2) is 9.60. The molecular formula is C23H24ClN3O3S. The summed E-state index contributed by atoms with van der Waals surface area (Å²) < 4.78 is 25.4. The lowest BCUT2D eigenvalue weighted by Crippen LogP contribution is -2.23. The van der Waals surface area contributed by atoms with Gasteiger partial charge in [0.1, 0.15) is 0 Å². The zero-order chi connectivity index (χ0) is 22.6. The maximum atomic E-state index is 12.7. The molecule has 0 aliphatic rings. The molecule has 31 heavy (non-hydrogen) atoms. The van der Waals surface area contributed by atoms with Gasteiger partial charge in [-0.1, -0.05) is 29.8 Å². The zero-order valence-electron chi connectivity index (χ0n) is 17.4. The Labute approximate surface area is 187 Å². The van der Waals surface area contributed by atoms with E-state index in [1.54, 1.807) is 36.5 Å². The van der Waals surface area contributed by atoms with Crippen LogP contribution in [0.25, 0.3) is 22.4 Å². The molecule has 0 saturated carbocycles. The van der Waals surface area contributed by atoms with Gasteiger partial charge >= 0.3 is 0 Å². The lowest BCUT2D eigenvalue weighted by Gasteiger charge is -2.15. The Hall–Kier alpha value is -2.74. The van der Waals surface area contributed by atoms with Crippen LogP contribution in [0.2, 0.25) is 5.02 Å². The first-order valence-corrected chi connectivity index (χ1v) is 11.9. The largest absolute Gasteiger partial charge is 0.366 e. The van der Waals surface area contributed by atoms with Gasteiger partial charge in [-0.15, -0.1) is 0 Å². The molecule has 0 aliphatic heterocycles. The summed E-state index contributed by atoms with van der Waals surface area (Å²) in [6, 6.07) is 15.7. The molecule has 6 nitrogen and oxygen atoms in total. The van der Waals surface area contributed by atoms with E-state index in [-0.39, 0.29) is 11.5 Å². The molecule has 8 heteroatoms. The van der Waals surface area contributed by atoms with Crippen LogP contribution in [-0.2, 0) is 15.6 Å². The molecule has 2 aromatic carbocycles. The highest BCUT2D eigenvalue weighted by atomic mass is 35.5. The van der Waals surface area contributed by atoms with Crippen molar-refractivity contribution < 1.29 is 13.2 Å². The van der Waals surface area contributed by atoms with Crippen LogP contribution in [0.15, 0.2) is 60.8 Å². The summed E-state index contributed by atoms with van der Waals surface area (Å²) in [7, 11) is 0.298. The normalized spacial score (nSPS) is 11.6. The van der Waals surface area contributed by atoms with Gasteiger partial charge in [-0.25, -0.2) is 8.42 Å². The lowest BCUT2D eigenvalue weighted by atomic mass is 9.95. The Morgan fingerprint density at radius 1 is 1.06 bits per heavy atom. The van der Waals surface area contributed by atoms with E-state index in [0.29, 0.717) is 39.5 Å². The van der Waals surface area contributed by atoms with Crippen LogP contribution in [0.1, 0.15) is 15.9 Å². The van der Waals surface area contributed by atoms with E-state index in [9.17, 15) is 13.2 Å². The van der Waals surface area contributed by atoms with E-state index in [1.165, 1.54) is 0 Å². The zero-order valence-corrected chi connectivity index (χ0v) is 18.9. The summed E-state index contributed by atoms with van der Waals surface area (Å²) in [5.41, 5.74) is 9.13. The Balaban J connectivity index is 2.09. The Kier molecular flexibility index (Phi) is 7.10. The van der Waals surface area contributed by atoms with Crippen LogP contribution < -0.4 is 5.73 Å². The third-order valence-corrected chi connectivity index (χ3v) is 6.72. The summed E-state index contributed by atoms with van der Waals surface area (Å²) in [5.74, 6) is -0.685. The number of rotatable bonds is 8. The first-order chi connectivity index (χ1) is 14.7. The maximum absolute atomic E-state index is 12.7. The number of aromatic nitrogens is 1. The fourth-order valence-corrected chi connectivity index (χ4v) is 4.89. The molecule has 0 radical (unpaired) electrons. The predicted octanol–water partition coefficient (Wildman–Crippen LogP) is 3.64. The fraction of sp³-hybridized carbons (Fsp3) is 0.217. The average Bonchev–Trinajstić information content (AvgIpc) is 2.73. The number of hydrogen-bond donors (Lipinski definition) is 1. The molecular weight excluding hydrogens is 434 g/mol. The summed E-state index contributed by atoms with van der Waals surface area (Å²) >= 11 is 6.40. The molecule has 0 unspecified atom stereocenters. The van der Waals surface area contributed by atoms with Crippen molar-refractivity contribution in [2.75, 3.05) is 26.4 Å². The number of sulfone groups is 1. The van der Waals surface area contributed by atoms with Crippen LogP contribution in [0.4, 0.5) is 0 Å². The topological polar surface area (TPSA) is 93.4 Å². The standard InChI is InChI=1S/C23H24ClN3O3S/c1-27(2)11-12-31(29,30)15-18-7-6-17(23(25)28)14-19(18)16-8-9-21(24)20(13-16)22-5-3-4-10-26-22/h3-10,13-14H,11-12,15H2,1-2H3,(H2,25,28). The van der Waals surface area contributed by atoms with Crippen molar-refractivity contribution in [1.29, 1.82) is 0 Å². The lowest BCUT2D eigenvalue weighted by molar-refractivity contribution is 0.100. The van der Waals surface area contributed by atoms with Crippen molar-refractivity contribution in [2.45, 2.75) is 5.75 Å². The van der Waals surface area contributed by atoms with Gasteiger partial charge in [-0.05, 0) is 67.2 Å². The second-order valence-corrected chi connectivity index (χ2v) is 10.1. The average molecular weight is 458 g/mol. The van der Waals surface area contributed by atoms with Crippen LogP contribution in [0.3, 0.4) is 0 Å². The smallest absolute Gasteiger partial charge is 0.248 e. The van der Waals surface area contributed by atoms with Crippen LogP contribution in [0.5, 0.6) is 0 Å². The number of nitrogens with zero attached hydrogens (tertiary/aromatic N) is 2. The van der Waals surface area contributed by atoms with E-state index in [1.807, 2.05) is 43.3 Å². The highest BCUT2D eigenvalue weighted by molar-refractivity contribution is 7.90. The number of pyridine rings is 1. The third kappa shape index (κ3) is 5.91. The molecule has 1 aromatic heterocycles.